The number of hydrogen-bond donors (Lipinski definition) is 0. The molecule has 0 unspecified atom stereocenters. The summed E-state index contributed by atoms with van der Waals surface area (Å²) in [5.74, 6) is 0. The first-order chi connectivity index (χ1) is 14.6. The minimum Gasteiger partial charge on any atom is -0.207 e. The molecule has 5 rings (SSSR count). The van der Waals surface area contributed by atoms with E-state index in [9.17, 15) is 8.42 Å². The van der Waals surface area contributed by atoms with Gasteiger partial charge < -0.3 is 0 Å². The predicted octanol–water partition coefficient (Wildman–Crippen LogP) is 5.33. The smallest absolute Gasteiger partial charge is 0.207 e. The van der Waals surface area contributed by atoms with Gasteiger partial charge in [-0.2, -0.15) is 4.31 Å². The summed E-state index contributed by atoms with van der Waals surface area (Å²) in [7, 11) is -3.70. The van der Waals surface area contributed by atoms with Gasteiger partial charge in [-0.15, -0.1) is 0 Å². The van der Waals surface area contributed by atoms with Gasteiger partial charge in [0.05, 0.1) is 4.90 Å². The van der Waals surface area contributed by atoms with E-state index in [1.165, 1.54) is 11.1 Å². The van der Waals surface area contributed by atoms with Gasteiger partial charge in [-0.25, -0.2) is 8.42 Å². The summed E-state index contributed by atoms with van der Waals surface area (Å²) in [6.45, 7) is 0.669. The van der Waals surface area contributed by atoms with E-state index in [0.29, 0.717) is 18.0 Å². The van der Waals surface area contributed by atoms with Gasteiger partial charge in [0.1, 0.15) is 0 Å². The molecule has 4 aromatic carbocycles. The van der Waals surface area contributed by atoms with Crippen LogP contribution in [0.1, 0.15) is 22.3 Å². The summed E-state index contributed by atoms with van der Waals surface area (Å²) in [6, 6.07) is 29.4. The van der Waals surface area contributed by atoms with Crippen molar-refractivity contribution in [3.8, 4) is 0 Å². The molecule has 0 aliphatic heterocycles. The first-order valence-electron chi connectivity index (χ1n) is 10.2. The first-order valence-corrected chi connectivity index (χ1v) is 11.7. The van der Waals surface area contributed by atoms with Crippen molar-refractivity contribution >= 4 is 20.8 Å². The van der Waals surface area contributed by atoms with E-state index in [2.05, 4.69) is 6.07 Å². The lowest BCUT2D eigenvalue weighted by Crippen LogP contribution is -2.30. The van der Waals surface area contributed by atoms with E-state index in [0.717, 1.165) is 34.7 Å². The summed E-state index contributed by atoms with van der Waals surface area (Å²) < 4.78 is 29.4. The monoisotopic (exact) mass is 413 g/mol. The molecule has 0 bridgehead atoms. The highest BCUT2D eigenvalue weighted by atomic mass is 32.2. The van der Waals surface area contributed by atoms with Crippen LogP contribution in [0, 0.1) is 0 Å². The Bertz CT molecular complexity index is 1250. The molecule has 0 heterocycles. The van der Waals surface area contributed by atoms with Gasteiger partial charge >= 0.3 is 0 Å². The van der Waals surface area contributed by atoms with E-state index in [4.69, 9.17) is 0 Å². The number of hydrogen-bond acceptors (Lipinski definition) is 2. The molecule has 0 spiro atoms. The third-order valence-electron chi connectivity index (χ3n) is 5.86. The van der Waals surface area contributed by atoms with Gasteiger partial charge in [-0.1, -0.05) is 84.9 Å². The van der Waals surface area contributed by atoms with Crippen molar-refractivity contribution in [2.75, 3.05) is 0 Å². The fraction of sp³-hybridized carbons (Fsp3) is 0.154. The third-order valence-corrected chi connectivity index (χ3v) is 7.71. The van der Waals surface area contributed by atoms with Crippen LogP contribution in [0.25, 0.3) is 10.8 Å². The molecular weight excluding hydrogens is 390 g/mol. The molecule has 30 heavy (non-hydrogen) atoms. The maximum atomic E-state index is 13.9. The van der Waals surface area contributed by atoms with E-state index in [-0.39, 0.29) is 0 Å². The van der Waals surface area contributed by atoms with Crippen LogP contribution in [0.3, 0.4) is 0 Å². The molecule has 0 N–H and O–H groups in total. The fourth-order valence-electron chi connectivity index (χ4n) is 4.38. The normalized spacial score (nSPS) is 13.2. The summed E-state index contributed by atoms with van der Waals surface area (Å²) in [5.41, 5.74) is 4.44. The Balaban J connectivity index is 1.62. The largest absolute Gasteiger partial charge is 0.244 e. The van der Waals surface area contributed by atoms with Gasteiger partial charge in [0.15, 0.2) is 0 Å². The molecule has 0 saturated heterocycles. The van der Waals surface area contributed by atoms with Crippen molar-refractivity contribution < 1.29 is 8.42 Å². The molecule has 4 heteroatoms. The number of aryl methyl sites for hydroxylation is 2. The number of benzene rings is 4. The average molecular weight is 414 g/mol. The van der Waals surface area contributed by atoms with Crippen LogP contribution in [-0.2, 0) is 36.0 Å². The lowest BCUT2D eigenvalue weighted by atomic mass is 10.1. The molecule has 1 aliphatic rings. The van der Waals surface area contributed by atoms with Crippen molar-refractivity contribution in [2.24, 2.45) is 0 Å². The molecule has 0 aromatic heterocycles. The van der Waals surface area contributed by atoms with Gasteiger partial charge in [0.25, 0.3) is 0 Å². The highest BCUT2D eigenvalue weighted by Crippen LogP contribution is 2.36. The second kappa shape index (κ2) is 7.71. The van der Waals surface area contributed by atoms with E-state index >= 15 is 0 Å². The Morgan fingerprint density at radius 1 is 0.633 bits per heavy atom. The molecule has 150 valence electrons. The Morgan fingerprint density at radius 2 is 1.20 bits per heavy atom. The van der Waals surface area contributed by atoms with Crippen LogP contribution in [0.5, 0.6) is 0 Å². The Morgan fingerprint density at radius 3 is 1.80 bits per heavy atom. The van der Waals surface area contributed by atoms with Crippen molar-refractivity contribution in [1.82, 2.24) is 4.31 Å². The van der Waals surface area contributed by atoms with E-state index in [1.54, 1.807) is 10.4 Å². The second-order valence-corrected chi connectivity index (χ2v) is 9.71. The molecule has 0 amide bonds. The van der Waals surface area contributed by atoms with Crippen LogP contribution in [0.4, 0.5) is 0 Å². The van der Waals surface area contributed by atoms with Crippen molar-refractivity contribution in [2.45, 2.75) is 30.8 Å². The maximum Gasteiger partial charge on any atom is 0.244 e. The minimum atomic E-state index is -3.70. The lowest BCUT2D eigenvalue weighted by molar-refractivity contribution is 0.401. The van der Waals surface area contributed by atoms with Crippen LogP contribution < -0.4 is 0 Å². The standard InChI is InChI=1S/C26H23NO2S/c28-30(29,25-17-16-23-15-14-22-12-7-13-24(25)26(22)23)27(18-20-8-3-1-4-9-20)19-21-10-5-2-6-11-21/h1-13,16-17H,14-15,18-19H2. The van der Waals surface area contributed by atoms with E-state index < -0.39 is 10.0 Å². The zero-order valence-electron chi connectivity index (χ0n) is 16.7. The van der Waals surface area contributed by atoms with E-state index in [1.807, 2.05) is 78.9 Å². The fourth-order valence-corrected chi connectivity index (χ4v) is 5.99. The van der Waals surface area contributed by atoms with Crippen molar-refractivity contribution in [3.63, 3.8) is 0 Å². The van der Waals surface area contributed by atoms with Gasteiger partial charge in [0, 0.05) is 18.5 Å². The van der Waals surface area contributed by atoms with Crippen molar-refractivity contribution in [1.29, 1.82) is 0 Å². The Kier molecular flexibility index (Phi) is 4.89. The zero-order chi connectivity index (χ0) is 20.6. The second-order valence-electron chi connectivity index (χ2n) is 7.81. The summed E-state index contributed by atoms with van der Waals surface area (Å²) in [6.07, 6.45) is 1.96. The molecule has 0 atom stereocenters. The molecule has 0 saturated carbocycles. The average Bonchev–Trinajstić information content (AvgIpc) is 3.20. The Labute approximate surface area is 177 Å². The topological polar surface area (TPSA) is 37.4 Å². The highest BCUT2D eigenvalue weighted by molar-refractivity contribution is 7.89. The van der Waals surface area contributed by atoms with Crippen LogP contribution in [-0.4, -0.2) is 12.7 Å². The molecule has 4 aromatic rings. The molecule has 0 radical (unpaired) electrons. The third kappa shape index (κ3) is 3.42. The predicted molar refractivity (Wildman–Crippen MR) is 121 cm³/mol. The highest BCUT2D eigenvalue weighted by Gasteiger charge is 2.28. The van der Waals surface area contributed by atoms with Crippen molar-refractivity contribution in [3.05, 3.63) is 113 Å². The van der Waals surface area contributed by atoms with Gasteiger partial charge in [-0.05, 0) is 46.5 Å². The number of rotatable bonds is 6. The minimum absolute atomic E-state index is 0.334. The van der Waals surface area contributed by atoms with Crippen LogP contribution >= 0.6 is 0 Å². The lowest BCUT2D eigenvalue weighted by Gasteiger charge is -2.24. The van der Waals surface area contributed by atoms with Crippen LogP contribution in [0.15, 0.2) is 95.9 Å². The number of sulfonamides is 1. The maximum absolute atomic E-state index is 13.9. The SMILES string of the molecule is O=S(=O)(c1ccc2c3c(cccc13)CC2)N(Cc1ccccc1)Cc1ccccc1. The Hall–Kier alpha value is -2.95. The molecule has 1 aliphatic carbocycles. The van der Waals surface area contributed by atoms with Gasteiger partial charge in [-0.3, -0.25) is 0 Å². The summed E-state index contributed by atoms with van der Waals surface area (Å²) in [4.78, 5) is 0.400. The summed E-state index contributed by atoms with van der Waals surface area (Å²) in [5, 5.41) is 1.96. The molecule has 3 nitrogen and oxygen atoms in total. The first kappa shape index (κ1) is 19.0. The number of nitrogens with zero attached hydrogens (tertiary/aromatic N) is 1. The molecule has 0 fully saturated rings. The van der Waals surface area contributed by atoms with Crippen LogP contribution in [0.2, 0.25) is 0 Å². The molecular formula is C26H23NO2S. The quantitative estimate of drug-likeness (QED) is 0.428. The zero-order valence-corrected chi connectivity index (χ0v) is 17.5. The summed E-state index contributed by atoms with van der Waals surface area (Å²) >= 11 is 0. The van der Waals surface area contributed by atoms with Gasteiger partial charge in [0.2, 0.25) is 10.0 Å².